The van der Waals surface area contributed by atoms with Crippen LogP contribution in [0.15, 0.2) is 78.9 Å². The van der Waals surface area contributed by atoms with Gasteiger partial charge in [0.2, 0.25) is 0 Å². The van der Waals surface area contributed by atoms with Crippen molar-refractivity contribution in [2.45, 2.75) is 27.4 Å². The van der Waals surface area contributed by atoms with Crippen LogP contribution in [0.2, 0.25) is 0 Å². The van der Waals surface area contributed by atoms with Gasteiger partial charge in [0.25, 0.3) is 0 Å². The van der Waals surface area contributed by atoms with Crippen molar-refractivity contribution in [2.75, 3.05) is 13.7 Å². The maximum absolute atomic E-state index is 15.4. The zero-order valence-electron chi connectivity index (χ0n) is 21.4. The van der Waals surface area contributed by atoms with Gasteiger partial charge >= 0.3 is 11.9 Å². The van der Waals surface area contributed by atoms with E-state index in [1.165, 1.54) is 6.07 Å². The van der Waals surface area contributed by atoms with Gasteiger partial charge < -0.3 is 18.9 Å². The minimum absolute atomic E-state index is 0.229. The number of esters is 2. The Kier molecular flexibility index (Phi) is 8.98. The number of benzene rings is 3. The van der Waals surface area contributed by atoms with Crippen molar-refractivity contribution in [2.24, 2.45) is 0 Å². The number of rotatable bonds is 10. The van der Waals surface area contributed by atoms with Crippen LogP contribution >= 0.6 is 0 Å². The maximum Gasteiger partial charge on any atom is 0.338 e. The van der Waals surface area contributed by atoms with E-state index in [2.05, 4.69) is 13.2 Å². The standard InChI is InChI=1S/C30H29FO6/c1-7-35-28-16-21(9-13-27(28)37-30(33)19(4)5)25-11-8-20(15-26(25)31)24-12-10-23(14-22(24)17-34-6)36-29(32)18(2)3/h8-16H,2,4,7,17H2,1,3,5-6H3. The molecule has 37 heavy (non-hydrogen) atoms. The third kappa shape index (κ3) is 6.71. The van der Waals surface area contributed by atoms with E-state index in [-0.39, 0.29) is 23.5 Å². The van der Waals surface area contributed by atoms with Gasteiger partial charge in [-0.25, -0.2) is 14.0 Å². The Morgan fingerprint density at radius 1 is 0.811 bits per heavy atom. The first-order chi connectivity index (χ1) is 17.6. The summed E-state index contributed by atoms with van der Waals surface area (Å²) in [6, 6.07) is 14.8. The van der Waals surface area contributed by atoms with Crippen LogP contribution in [0.25, 0.3) is 22.3 Å². The van der Waals surface area contributed by atoms with Crippen molar-refractivity contribution in [3.8, 4) is 39.5 Å². The highest BCUT2D eigenvalue weighted by Gasteiger charge is 2.16. The van der Waals surface area contributed by atoms with Gasteiger partial charge in [-0.1, -0.05) is 37.4 Å². The molecule has 0 radical (unpaired) electrons. The predicted molar refractivity (Wildman–Crippen MR) is 140 cm³/mol. The van der Waals surface area contributed by atoms with E-state index in [1.807, 2.05) is 0 Å². The zero-order valence-corrected chi connectivity index (χ0v) is 21.4. The molecule has 0 bridgehead atoms. The summed E-state index contributed by atoms with van der Waals surface area (Å²) >= 11 is 0. The number of hydrogen-bond acceptors (Lipinski definition) is 6. The van der Waals surface area contributed by atoms with Gasteiger partial charge in [-0.15, -0.1) is 0 Å². The molecule has 3 rings (SSSR count). The maximum atomic E-state index is 15.4. The van der Waals surface area contributed by atoms with Crippen LogP contribution in [0.5, 0.6) is 17.2 Å². The summed E-state index contributed by atoms with van der Waals surface area (Å²) in [7, 11) is 1.55. The molecular formula is C30H29FO6. The van der Waals surface area contributed by atoms with Gasteiger partial charge in [0.15, 0.2) is 11.5 Å². The number of hydrogen-bond donors (Lipinski definition) is 0. The van der Waals surface area contributed by atoms with Crippen LogP contribution in [0.1, 0.15) is 26.3 Å². The molecule has 0 heterocycles. The second kappa shape index (κ2) is 12.1. The lowest BCUT2D eigenvalue weighted by Crippen LogP contribution is -2.09. The summed E-state index contributed by atoms with van der Waals surface area (Å²) in [5, 5.41) is 0. The van der Waals surface area contributed by atoms with Crippen LogP contribution in [0.4, 0.5) is 4.39 Å². The Morgan fingerprint density at radius 3 is 2.05 bits per heavy atom. The van der Waals surface area contributed by atoms with Crippen LogP contribution in [0, 0.1) is 5.82 Å². The molecule has 0 atom stereocenters. The highest BCUT2D eigenvalue weighted by atomic mass is 19.1. The normalized spacial score (nSPS) is 10.5. The Balaban J connectivity index is 1.96. The molecule has 0 spiro atoms. The van der Waals surface area contributed by atoms with Crippen molar-refractivity contribution in [3.05, 3.63) is 90.3 Å². The van der Waals surface area contributed by atoms with Crippen LogP contribution in [0.3, 0.4) is 0 Å². The third-order valence-corrected chi connectivity index (χ3v) is 5.32. The molecule has 0 amide bonds. The number of carbonyl (C=O) groups is 2. The van der Waals surface area contributed by atoms with Crippen molar-refractivity contribution in [3.63, 3.8) is 0 Å². The van der Waals surface area contributed by atoms with E-state index < -0.39 is 17.8 Å². The van der Waals surface area contributed by atoms with Gasteiger partial charge in [0, 0.05) is 23.8 Å². The first-order valence-electron chi connectivity index (χ1n) is 11.6. The summed E-state index contributed by atoms with van der Waals surface area (Å²) < 4.78 is 36.9. The monoisotopic (exact) mass is 504 g/mol. The van der Waals surface area contributed by atoms with Crippen LogP contribution in [-0.4, -0.2) is 25.7 Å². The summed E-state index contributed by atoms with van der Waals surface area (Å²) in [6.45, 7) is 12.7. The molecule has 0 unspecified atom stereocenters. The van der Waals surface area contributed by atoms with E-state index in [1.54, 1.807) is 76.4 Å². The molecule has 0 aromatic heterocycles. The fourth-order valence-electron chi connectivity index (χ4n) is 3.52. The molecule has 0 fully saturated rings. The second-order valence-corrected chi connectivity index (χ2v) is 8.38. The van der Waals surface area contributed by atoms with E-state index in [9.17, 15) is 9.59 Å². The molecule has 192 valence electrons. The van der Waals surface area contributed by atoms with Gasteiger partial charge in [0.1, 0.15) is 11.6 Å². The smallest absolute Gasteiger partial charge is 0.338 e. The van der Waals surface area contributed by atoms with E-state index >= 15 is 4.39 Å². The number of methoxy groups -OCH3 is 1. The molecule has 0 N–H and O–H groups in total. The second-order valence-electron chi connectivity index (χ2n) is 8.38. The molecule has 0 saturated heterocycles. The van der Waals surface area contributed by atoms with E-state index in [0.717, 1.165) is 11.1 Å². The Bertz CT molecular complexity index is 1360. The summed E-state index contributed by atoms with van der Waals surface area (Å²) in [4.78, 5) is 23.8. The summed E-state index contributed by atoms with van der Waals surface area (Å²) in [5.41, 5.74) is 3.53. The number of halogens is 1. The first-order valence-corrected chi connectivity index (χ1v) is 11.6. The van der Waals surface area contributed by atoms with Gasteiger partial charge in [-0.05, 0) is 73.4 Å². The average Bonchev–Trinajstić information content (AvgIpc) is 2.85. The number of ether oxygens (including phenoxy) is 4. The lowest BCUT2D eigenvalue weighted by Gasteiger charge is -2.15. The Labute approximate surface area is 215 Å². The average molecular weight is 505 g/mol. The Morgan fingerprint density at radius 2 is 1.43 bits per heavy atom. The molecule has 0 saturated carbocycles. The third-order valence-electron chi connectivity index (χ3n) is 5.32. The van der Waals surface area contributed by atoms with Gasteiger partial charge in [-0.3, -0.25) is 0 Å². The molecule has 3 aromatic rings. The molecule has 3 aromatic carbocycles. The largest absolute Gasteiger partial charge is 0.490 e. The quantitative estimate of drug-likeness (QED) is 0.175. The van der Waals surface area contributed by atoms with Crippen molar-refractivity contribution >= 4 is 11.9 Å². The SMILES string of the molecule is C=C(C)C(=O)Oc1ccc(-c2ccc(-c3ccc(OC(=O)C(=C)C)c(OCC)c3)c(F)c2)c(COC)c1. The van der Waals surface area contributed by atoms with Gasteiger partial charge in [0.05, 0.1) is 13.2 Å². The van der Waals surface area contributed by atoms with Crippen molar-refractivity contribution in [1.29, 1.82) is 0 Å². The molecule has 6 nitrogen and oxygen atoms in total. The minimum atomic E-state index is -0.573. The fourth-order valence-corrected chi connectivity index (χ4v) is 3.52. The fraction of sp³-hybridized carbons (Fsp3) is 0.200. The molecule has 0 aliphatic heterocycles. The van der Waals surface area contributed by atoms with Crippen molar-refractivity contribution in [1.82, 2.24) is 0 Å². The van der Waals surface area contributed by atoms with Crippen molar-refractivity contribution < 1.29 is 32.9 Å². The summed E-state index contributed by atoms with van der Waals surface area (Å²) in [6.07, 6.45) is 0. The van der Waals surface area contributed by atoms with Gasteiger partial charge in [-0.2, -0.15) is 0 Å². The highest BCUT2D eigenvalue weighted by Crippen LogP contribution is 2.36. The van der Waals surface area contributed by atoms with E-state index in [4.69, 9.17) is 18.9 Å². The van der Waals surface area contributed by atoms with Crippen LogP contribution in [-0.2, 0) is 20.9 Å². The van der Waals surface area contributed by atoms with E-state index in [0.29, 0.717) is 34.8 Å². The Hall–Kier alpha value is -4.23. The lowest BCUT2D eigenvalue weighted by atomic mass is 9.96. The molecule has 0 aliphatic carbocycles. The first kappa shape index (κ1) is 27.4. The molecular weight excluding hydrogens is 475 g/mol. The minimum Gasteiger partial charge on any atom is -0.490 e. The summed E-state index contributed by atoms with van der Waals surface area (Å²) in [5.74, 6) is -0.660. The van der Waals surface area contributed by atoms with Crippen LogP contribution < -0.4 is 14.2 Å². The topological polar surface area (TPSA) is 71.1 Å². The molecule has 7 heteroatoms. The number of carbonyl (C=O) groups excluding carboxylic acids is 2. The highest BCUT2D eigenvalue weighted by molar-refractivity contribution is 5.89. The predicted octanol–water partition coefficient (Wildman–Crippen LogP) is 6.67. The molecule has 0 aliphatic rings. The zero-order chi connectivity index (χ0) is 27.1. The lowest BCUT2D eigenvalue weighted by molar-refractivity contribution is -0.131.